The van der Waals surface area contributed by atoms with Crippen LogP contribution in [0.15, 0.2) is 66.7 Å². The number of carbonyl (C=O) groups excluding carboxylic acids is 1. The minimum atomic E-state index is -0.169. The molecule has 0 unspecified atom stereocenters. The van der Waals surface area contributed by atoms with Gasteiger partial charge in [0.05, 0.1) is 19.2 Å². The summed E-state index contributed by atoms with van der Waals surface area (Å²) >= 11 is 0. The molecule has 140 valence electrons. The average molecular weight is 372 g/mol. The van der Waals surface area contributed by atoms with Crippen LogP contribution in [0.5, 0.6) is 5.75 Å². The standard InChI is InChI=1S/C22H20N4O2/c1-15-4-3-5-18(12-15)23-22(27)17-8-11-21-20(13-17)24-25-26(21)14-16-6-9-19(28-2)10-7-16/h3-13H,14H2,1-2H3,(H,23,27). The minimum absolute atomic E-state index is 0.169. The summed E-state index contributed by atoms with van der Waals surface area (Å²) in [5.41, 5.74) is 5.07. The van der Waals surface area contributed by atoms with Crippen molar-refractivity contribution in [3.8, 4) is 5.75 Å². The summed E-state index contributed by atoms with van der Waals surface area (Å²) < 4.78 is 7.01. The zero-order chi connectivity index (χ0) is 19.5. The van der Waals surface area contributed by atoms with Crippen LogP contribution in [-0.4, -0.2) is 28.0 Å². The highest BCUT2D eigenvalue weighted by Gasteiger charge is 2.11. The van der Waals surface area contributed by atoms with E-state index in [2.05, 4.69) is 15.6 Å². The number of ether oxygens (including phenoxy) is 1. The molecular formula is C22H20N4O2. The Balaban J connectivity index is 1.54. The van der Waals surface area contributed by atoms with E-state index in [9.17, 15) is 4.79 Å². The molecule has 1 aromatic heterocycles. The smallest absolute Gasteiger partial charge is 0.255 e. The van der Waals surface area contributed by atoms with Crippen LogP contribution < -0.4 is 10.1 Å². The lowest BCUT2D eigenvalue weighted by Crippen LogP contribution is -2.11. The molecule has 1 amide bonds. The lowest BCUT2D eigenvalue weighted by Gasteiger charge is -2.07. The fourth-order valence-corrected chi connectivity index (χ4v) is 3.06. The van der Waals surface area contributed by atoms with E-state index in [1.807, 2.05) is 66.2 Å². The predicted octanol–water partition coefficient (Wildman–Crippen LogP) is 4.05. The maximum atomic E-state index is 12.5. The normalized spacial score (nSPS) is 10.8. The molecule has 6 heteroatoms. The molecule has 0 atom stereocenters. The molecule has 4 aromatic rings. The van der Waals surface area contributed by atoms with Gasteiger partial charge in [-0.3, -0.25) is 4.79 Å². The summed E-state index contributed by atoms with van der Waals surface area (Å²) in [5, 5.41) is 11.4. The Labute approximate surface area is 162 Å². The van der Waals surface area contributed by atoms with Gasteiger partial charge in [0, 0.05) is 11.3 Å². The van der Waals surface area contributed by atoms with Crippen LogP contribution in [0.4, 0.5) is 5.69 Å². The van der Waals surface area contributed by atoms with Crippen LogP contribution in [0.1, 0.15) is 21.5 Å². The van der Waals surface area contributed by atoms with E-state index in [-0.39, 0.29) is 5.91 Å². The summed E-state index contributed by atoms with van der Waals surface area (Å²) in [7, 11) is 1.65. The number of benzene rings is 3. The molecule has 0 aliphatic carbocycles. The fraction of sp³-hybridized carbons (Fsp3) is 0.136. The summed E-state index contributed by atoms with van der Waals surface area (Å²) in [6.07, 6.45) is 0. The van der Waals surface area contributed by atoms with Crippen molar-refractivity contribution in [2.75, 3.05) is 12.4 Å². The van der Waals surface area contributed by atoms with Crippen molar-refractivity contribution in [3.63, 3.8) is 0 Å². The molecule has 0 bridgehead atoms. The molecule has 4 rings (SSSR count). The van der Waals surface area contributed by atoms with Gasteiger partial charge < -0.3 is 10.1 Å². The van der Waals surface area contributed by atoms with Gasteiger partial charge in [-0.05, 0) is 60.5 Å². The Hall–Kier alpha value is -3.67. The molecule has 0 saturated carbocycles. The fourth-order valence-electron chi connectivity index (χ4n) is 3.06. The van der Waals surface area contributed by atoms with E-state index in [0.717, 1.165) is 28.1 Å². The third-order valence-electron chi connectivity index (χ3n) is 4.54. The van der Waals surface area contributed by atoms with Crippen molar-refractivity contribution < 1.29 is 9.53 Å². The minimum Gasteiger partial charge on any atom is -0.497 e. The van der Waals surface area contributed by atoms with Crippen molar-refractivity contribution >= 4 is 22.6 Å². The van der Waals surface area contributed by atoms with Gasteiger partial charge in [-0.25, -0.2) is 4.68 Å². The first-order valence-corrected chi connectivity index (χ1v) is 8.96. The summed E-state index contributed by atoms with van der Waals surface area (Å²) in [6, 6.07) is 21.0. The van der Waals surface area contributed by atoms with E-state index in [4.69, 9.17) is 4.74 Å². The Bertz CT molecular complexity index is 1130. The first-order chi connectivity index (χ1) is 13.6. The lowest BCUT2D eigenvalue weighted by molar-refractivity contribution is 0.102. The zero-order valence-corrected chi connectivity index (χ0v) is 15.7. The van der Waals surface area contributed by atoms with Gasteiger partial charge in [0.1, 0.15) is 11.3 Å². The number of anilines is 1. The Morgan fingerprint density at radius 3 is 2.64 bits per heavy atom. The van der Waals surface area contributed by atoms with E-state index < -0.39 is 0 Å². The van der Waals surface area contributed by atoms with Crippen LogP contribution in [0.25, 0.3) is 11.0 Å². The van der Waals surface area contributed by atoms with E-state index in [1.165, 1.54) is 0 Å². The molecule has 0 aliphatic rings. The number of hydrogen-bond acceptors (Lipinski definition) is 4. The van der Waals surface area contributed by atoms with Gasteiger partial charge in [0.25, 0.3) is 5.91 Å². The molecule has 28 heavy (non-hydrogen) atoms. The van der Waals surface area contributed by atoms with E-state index in [1.54, 1.807) is 19.2 Å². The average Bonchev–Trinajstić information content (AvgIpc) is 3.10. The number of hydrogen-bond donors (Lipinski definition) is 1. The van der Waals surface area contributed by atoms with E-state index in [0.29, 0.717) is 17.6 Å². The maximum absolute atomic E-state index is 12.5. The van der Waals surface area contributed by atoms with Crippen LogP contribution in [-0.2, 0) is 6.54 Å². The first-order valence-electron chi connectivity index (χ1n) is 8.96. The van der Waals surface area contributed by atoms with Crippen molar-refractivity contribution in [1.82, 2.24) is 15.0 Å². The lowest BCUT2D eigenvalue weighted by atomic mass is 10.1. The van der Waals surface area contributed by atoms with Gasteiger partial charge in [0.15, 0.2) is 0 Å². The SMILES string of the molecule is COc1ccc(Cn2nnc3cc(C(=O)Nc4cccc(C)c4)ccc32)cc1. The number of aromatic nitrogens is 3. The van der Waals surface area contributed by atoms with Gasteiger partial charge in [-0.1, -0.05) is 29.5 Å². The second kappa shape index (κ2) is 7.52. The molecule has 3 aromatic carbocycles. The molecule has 0 fully saturated rings. The molecule has 1 N–H and O–H groups in total. The molecule has 0 radical (unpaired) electrons. The number of carbonyl (C=O) groups is 1. The molecule has 0 spiro atoms. The Morgan fingerprint density at radius 1 is 1.07 bits per heavy atom. The number of fused-ring (bicyclic) bond motifs is 1. The quantitative estimate of drug-likeness (QED) is 0.574. The highest BCUT2D eigenvalue weighted by Crippen LogP contribution is 2.18. The highest BCUT2D eigenvalue weighted by atomic mass is 16.5. The first kappa shape index (κ1) is 17.7. The summed E-state index contributed by atoms with van der Waals surface area (Å²) in [6.45, 7) is 2.58. The molecule has 6 nitrogen and oxygen atoms in total. The van der Waals surface area contributed by atoms with Gasteiger partial charge in [-0.15, -0.1) is 5.10 Å². The number of nitrogens with one attached hydrogen (secondary N) is 1. The second-order valence-electron chi connectivity index (χ2n) is 6.62. The molecular weight excluding hydrogens is 352 g/mol. The third kappa shape index (κ3) is 3.71. The van der Waals surface area contributed by atoms with Crippen molar-refractivity contribution in [1.29, 1.82) is 0 Å². The third-order valence-corrected chi connectivity index (χ3v) is 4.54. The number of aryl methyl sites for hydroxylation is 1. The number of rotatable bonds is 5. The van der Waals surface area contributed by atoms with Crippen LogP contribution >= 0.6 is 0 Å². The molecule has 1 heterocycles. The predicted molar refractivity (Wildman–Crippen MR) is 109 cm³/mol. The van der Waals surface area contributed by atoms with Gasteiger partial charge in [0.2, 0.25) is 0 Å². The maximum Gasteiger partial charge on any atom is 0.255 e. The number of methoxy groups -OCH3 is 1. The highest BCUT2D eigenvalue weighted by molar-refractivity contribution is 6.05. The van der Waals surface area contributed by atoms with Crippen LogP contribution in [0.3, 0.4) is 0 Å². The van der Waals surface area contributed by atoms with Crippen LogP contribution in [0, 0.1) is 6.92 Å². The Kier molecular flexibility index (Phi) is 4.76. The number of amides is 1. The number of nitrogens with zero attached hydrogens (tertiary/aromatic N) is 3. The van der Waals surface area contributed by atoms with Crippen molar-refractivity contribution in [2.24, 2.45) is 0 Å². The van der Waals surface area contributed by atoms with Crippen molar-refractivity contribution in [2.45, 2.75) is 13.5 Å². The second-order valence-corrected chi connectivity index (χ2v) is 6.62. The largest absolute Gasteiger partial charge is 0.497 e. The van der Waals surface area contributed by atoms with Gasteiger partial charge >= 0.3 is 0 Å². The Morgan fingerprint density at radius 2 is 1.89 bits per heavy atom. The van der Waals surface area contributed by atoms with Gasteiger partial charge in [-0.2, -0.15) is 0 Å². The van der Waals surface area contributed by atoms with E-state index >= 15 is 0 Å². The monoisotopic (exact) mass is 372 g/mol. The topological polar surface area (TPSA) is 69.0 Å². The zero-order valence-electron chi connectivity index (χ0n) is 15.7. The molecule has 0 saturated heterocycles. The summed E-state index contributed by atoms with van der Waals surface area (Å²) in [4.78, 5) is 12.5. The van der Waals surface area contributed by atoms with Crippen molar-refractivity contribution in [3.05, 3.63) is 83.4 Å². The molecule has 0 aliphatic heterocycles. The summed E-state index contributed by atoms with van der Waals surface area (Å²) in [5.74, 6) is 0.647. The van der Waals surface area contributed by atoms with Crippen LogP contribution in [0.2, 0.25) is 0 Å².